The zero-order chi connectivity index (χ0) is 12.5. The summed E-state index contributed by atoms with van der Waals surface area (Å²) in [6.45, 7) is 1.99. The molecule has 3 rings (SSSR count). The molecule has 0 fully saturated rings. The van der Waals surface area contributed by atoms with E-state index in [-0.39, 0.29) is 0 Å². The number of nitrogens with one attached hydrogen (secondary N) is 1. The number of rotatable bonds is 1. The van der Waals surface area contributed by atoms with E-state index < -0.39 is 0 Å². The van der Waals surface area contributed by atoms with Crippen LogP contribution in [-0.4, -0.2) is 15.0 Å². The molecule has 0 saturated heterocycles. The van der Waals surface area contributed by atoms with Crippen LogP contribution in [0, 0.1) is 11.6 Å². The largest absolute Gasteiger partial charge is 0.344 e. The van der Waals surface area contributed by atoms with Gasteiger partial charge in [0.05, 0.1) is 23.6 Å². The Labute approximate surface area is 110 Å². The van der Waals surface area contributed by atoms with Crippen molar-refractivity contribution in [3.05, 3.63) is 53.1 Å². The van der Waals surface area contributed by atoms with Crippen LogP contribution < -0.4 is 0 Å². The lowest BCUT2D eigenvalue weighted by Crippen LogP contribution is -1.87. The number of hydrogen-bond donors (Lipinski definition) is 1. The van der Waals surface area contributed by atoms with E-state index in [1.54, 1.807) is 12.4 Å². The summed E-state index contributed by atoms with van der Waals surface area (Å²) in [5, 5.41) is 1.11. The topological polar surface area (TPSA) is 41.6 Å². The van der Waals surface area contributed by atoms with Crippen molar-refractivity contribution in [1.29, 1.82) is 0 Å². The highest BCUT2D eigenvalue weighted by atomic mass is 32.1. The van der Waals surface area contributed by atoms with Gasteiger partial charge in [0.25, 0.3) is 0 Å². The number of nitrogens with zero attached hydrogens (tertiary/aromatic N) is 2. The summed E-state index contributed by atoms with van der Waals surface area (Å²) < 4.78 is 0.634. The Morgan fingerprint density at radius 1 is 1.11 bits per heavy atom. The van der Waals surface area contributed by atoms with Crippen molar-refractivity contribution >= 4 is 23.1 Å². The van der Waals surface area contributed by atoms with Gasteiger partial charge >= 0.3 is 0 Å². The predicted molar refractivity (Wildman–Crippen MR) is 74.9 cm³/mol. The van der Waals surface area contributed by atoms with Crippen LogP contribution in [0.15, 0.2) is 42.7 Å². The third kappa shape index (κ3) is 2.02. The summed E-state index contributed by atoms with van der Waals surface area (Å²) in [6.07, 6.45) is 3.41. The van der Waals surface area contributed by atoms with Gasteiger partial charge in [-0.15, -0.1) is 0 Å². The van der Waals surface area contributed by atoms with Gasteiger partial charge < -0.3 is 4.98 Å². The van der Waals surface area contributed by atoms with Crippen LogP contribution in [0.5, 0.6) is 0 Å². The number of fused-ring (bicyclic) bond motifs is 1. The molecule has 3 nitrogen and oxygen atoms in total. The van der Waals surface area contributed by atoms with Gasteiger partial charge in [-0.25, -0.2) is 0 Å². The zero-order valence-electron chi connectivity index (χ0n) is 9.84. The molecule has 4 heteroatoms. The number of aryl methyl sites for hydroxylation is 1. The molecule has 2 aromatic heterocycles. The fraction of sp³-hybridized carbons (Fsp3) is 0.0714. The number of aromatic amines is 1. The highest BCUT2D eigenvalue weighted by Crippen LogP contribution is 2.21. The summed E-state index contributed by atoms with van der Waals surface area (Å²) in [5.74, 6) is 0. The molecule has 0 spiro atoms. The van der Waals surface area contributed by atoms with Crippen LogP contribution in [0.25, 0.3) is 22.2 Å². The van der Waals surface area contributed by atoms with Crippen molar-refractivity contribution in [3.8, 4) is 11.3 Å². The Morgan fingerprint density at radius 3 is 2.83 bits per heavy atom. The van der Waals surface area contributed by atoms with E-state index in [0.29, 0.717) is 4.64 Å². The first kappa shape index (κ1) is 11.0. The maximum Gasteiger partial charge on any atom is 0.122 e. The lowest BCUT2D eigenvalue weighted by Gasteiger charge is -2.04. The Balaban J connectivity index is 2.19. The Hall–Kier alpha value is -2.07. The Kier molecular flexibility index (Phi) is 2.64. The van der Waals surface area contributed by atoms with E-state index in [0.717, 1.165) is 27.9 Å². The third-order valence-corrected chi connectivity index (χ3v) is 3.00. The highest BCUT2D eigenvalue weighted by molar-refractivity contribution is 7.71. The predicted octanol–water partition coefficient (Wildman–Crippen LogP) is 3.66. The summed E-state index contributed by atoms with van der Waals surface area (Å²) >= 11 is 5.08. The average molecular weight is 253 g/mol. The quantitative estimate of drug-likeness (QED) is 0.673. The highest BCUT2D eigenvalue weighted by Gasteiger charge is 2.01. The number of aromatic nitrogens is 3. The van der Waals surface area contributed by atoms with Crippen molar-refractivity contribution < 1.29 is 0 Å². The van der Waals surface area contributed by atoms with Gasteiger partial charge in [-0.1, -0.05) is 24.4 Å². The first-order chi connectivity index (χ1) is 8.72. The number of hydrogen-bond acceptors (Lipinski definition) is 3. The van der Waals surface area contributed by atoms with Crippen LogP contribution in [0.4, 0.5) is 0 Å². The van der Waals surface area contributed by atoms with Crippen molar-refractivity contribution in [2.45, 2.75) is 6.92 Å². The molecule has 88 valence electrons. The first-order valence-electron chi connectivity index (χ1n) is 5.64. The minimum atomic E-state index is 0.634. The first-order valence-corrected chi connectivity index (χ1v) is 6.05. The van der Waals surface area contributed by atoms with Crippen LogP contribution in [0.2, 0.25) is 0 Å². The van der Waals surface area contributed by atoms with E-state index in [2.05, 4.69) is 27.1 Å². The molecule has 1 N–H and O–H groups in total. The third-order valence-electron chi connectivity index (χ3n) is 2.79. The molecular weight excluding hydrogens is 242 g/mol. The maximum atomic E-state index is 5.08. The molecule has 2 heterocycles. The van der Waals surface area contributed by atoms with E-state index in [4.69, 9.17) is 12.2 Å². The lowest BCUT2D eigenvalue weighted by molar-refractivity contribution is 1.18. The Bertz CT molecular complexity index is 777. The van der Waals surface area contributed by atoms with Crippen LogP contribution >= 0.6 is 12.2 Å². The van der Waals surface area contributed by atoms with Gasteiger partial charge in [0, 0.05) is 16.6 Å². The molecule has 0 aliphatic rings. The molecule has 3 aromatic rings. The fourth-order valence-corrected chi connectivity index (χ4v) is 2.09. The molecule has 0 unspecified atom stereocenters. The van der Waals surface area contributed by atoms with Gasteiger partial charge in [-0.2, -0.15) is 0 Å². The second-order valence-corrected chi connectivity index (χ2v) is 4.61. The van der Waals surface area contributed by atoms with Gasteiger partial charge in [0.2, 0.25) is 0 Å². The van der Waals surface area contributed by atoms with Crippen molar-refractivity contribution in [2.75, 3.05) is 0 Å². The molecule has 0 amide bonds. The van der Waals surface area contributed by atoms with E-state index in [9.17, 15) is 0 Å². The van der Waals surface area contributed by atoms with E-state index in [1.165, 1.54) is 0 Å². The maximum absolute atomic E-state index is 5.08. The van der Waals surface area contributed by atoms with Crippen molar-refractivity contribution in [2.24, 2.45) is 0 Å². The van der Waals surface area contributed by atoms with Gasteiger partial charge in [0.15, 0.2) is 0 Å². The summed E-state index contributed by atoms with van der Waals surface area (Å²) in [4.78, 5) is 11.7. The Morgan fingerprint density at radius 2 is 2.00 bits per heavy atom. The van der Waals surface area contributed by atoms with E-state index in [1.807, 2.05) is 25.1 Å². The molecule has 1 aromatic carbocycles. The van der Waals surface area contributed by atoms with Crippen LogP contribution in [-0.2, 0) is 0 Å². The smallest absolute Gasteiger partial charge is 0.122 e. The standard InChI is InChI=1S/C14H11N3S/c1-9-2-3-10-6-11(4-5-12(10)16-9)13-7-15-8-14(18)17-13/h2-8H,1H3,(H,17,18). The van der Waals surface area contributed by atoms with Gasteiger partial charge in [0.1, 0.15) is 4.64 Å². The fourth-order valence-electron chi connectivity index (χ4n) is 1.92. The van der Waals surface area contributed by atoms with E-state index >= 15 is 0 Å². The second kappa shape index (κ2) is 4.31. The molecule has 0 radical (unpaired) electrons. The molecule has 18 heavy (non-hydrogen) atoms. The summed E-state index contributed by atoms with van der Waals surface area (Å²) in [5.41, 5.74) is 4.01. The normalized spacial score (nSPS) is 10.7. The molecule has 0 aliphatic carbocycles. The minimum absolute atomic E-state index is 0.634. The monoisotopic (exact) mass is 253 g/mol. The number of H-pyrrole nitrogens is 1. The molecule has 0 bridgehead atoms. The van der Waals surface area contributed by atoms with Crippen LogP contribution in [0.3, 0.4) is 0 Å². The molecule has 0 aliphatic heterocycles. The van der Waals surface area contributed by atoms with Crippen LogP contribution in [0.1, 0.15) is 5.69 Å². The van der Waals surface area contributed by atoms with Gasteiger partial charge in [-0.05, 0) is 25.1 Å². The summed E-state index contributed by atoms with van der Waals surface area (Å²) in [6, 6.07) is 10.2. The molecular formula is C14H11N3S. The number of pyridine rings is 1. The lowest BCUT2D eigenvalue weighted by atomic mass is 10.1. The summed E-state index contributed by atoms with van der Waals surface area (Å²) in [7, 11) is 0. The minimum Gasteiger partial charge on any atom is -0.344 e. The average Bonchev–Trinajstić information content (AvgIpc) is 2.38. The number of benzene rings is 1. The molecule has 0 atom stereocenters. The zero-order valence-corrected chi connectivity index (χ0v) is 10.7. The molecule has 0 saturated carbocycles. The van der Waals surface area contributed by atoms with Crippen molar-refractivity contribution in [3.63, 3.8) is 0 Å². The SMILES string of the molecule is Cc1ccc2cc(-c3cncc(=S)[nH]3)ccc2n1. The van der Waals surface area contributed by atoms with Crippen molar-refractivity contribution in [1.82, 2.24) is 15.0 Å². The second-order valence-electron chi connectivity index (χ2n) is 4.17. The van der Waals surface area contributed by atoms with Gasteiger partial charge in [-0.3, -0.25) is 9.97 Å².